The van der Waals surface area contributed by atoms with Crippen molar-refractivity contribution >= 4 is 16.2 Å². The molecule has 116 valence electrons. The molecule has 0 spiro atoms. The molecule has 0 aliphatic carbocycles. The van der Waals surface area contributed by atoms with Gasteiger partial charge in [0.05, 0.1) is 18.6 Å². The van der Waals surface area contributed by atoms with Crippen LogP contribution in [-0.2, 0) is 19.7 Å². The lowest BCUT2D eigenvalue weighted by atomic mass is 9.98. The van der Waals surface area contributed by atoms with Crippen molar-refractivity contribution in [3.05, 3.63) is 0 Å². The van der Waals surface area contributed by atoms with Crippen LogP contribution in [0.15, 0.2) is 0 Å². The number of aliphatic hydroxyl groups is 1. The van der Waals surface area contributed by atoms with Crippen molar-refractivity contribution in [1.82, 2.24) is 8.61 Å². The number of ether oxygens (including phenoxy) is 1. The largest absolute Gasteiger partial charge is 0.466 e. The number of hydrogen-bond donors (Lipinski definition) is 1. The molecule has 7 nitrogen and oxygen atoms in total. The molecule has 2 rings (SSSR count). The number of carbonyl (C=O) groups is 1. The fraction of sp³-hybridized carbons (Fsp3) is 0.917. The second-order valence-corrected chi connectivity index (χ2v) is 7.16. The Morgan fingerprint density at radius 3 is 2.30 bits per heavy atom. The number of nitrogens with zero attached hydrogens (tertiary/aromatic N) is 2. The van der Waals surface area contributed by atoms with Gasteiger partial charge >= 0.3 is 5.97 Å². The van der Waals surface area contributed by atoms with Crippen LogP contribution >= 0.6 is 0 Å². The Bertz CT molecular complexity index is 445. The minimum absolute atomic E-state index is 0.167. The van der Waals surface area contributed by atoms with E-state index in [1.807, 2.05) is 0 Å². The van der Waals surface area contributed by atoms with Gasteiger partial charge in [-0.25, -0.2) is 0 Å². The van der Waals surface area contributed by atoms with Crippen molar-refractivity contribution < 1.29 is 23.1 Å². The van der Waals surface area contributed by atoms with Crippen LogP contribution in [-0.4, -0.2) is 67.0 Å². The maximum atomic E-state index is 12.4. The zero-order chi connectivity index (χ0) is 14.8. The second kappa shape index (κ2) is 6.38. The minimum atomic E-state index is -3.50. The second-order valence-electron chi connectivity index (χ2n) is 5.23. The molecule has 0 amide bonds. The Hall–Kier alpha value is -0.700. The predicted octanol–water partition coefficient (Wildman–Crippen LogP) is -0.427. The first-order valence-electron chi connectivity index (χ1n) is 7.05. The normalized spacial score (nSPS) is 26.8. The molecule has 8 heteroatoms. The van der Waals surface area contributed by atoms with Gasteiger partial charge in [0, 0.05) is 26.2 Å². The summed E-state index contributed by atoms with van der Waals surface area (Å²) in [6.07, 6.45) is 0.906. The Morgan fingerprint density at radius 1 is 1.20 bits per heavy atom. The van der Waals surface area contributed by atoms with Crippen molar-refractivity contribution in [2.75, 3.05) is 32.8 Å². The summed E-state index contributed by atoms with van der Waals surface area (Å²) in [5, 5.41) is 9.45. The first-order chi connectivity index (χ1) is 9.45. The Labute approximate surface area is 119 Å². The zero-order valence-corrected chi connectivity index (χ0v) is 12.5. The van der Waals surface area contributed by atoms with Crippen molar-refractivity contribution in [3.8, 4) is 0 Å². The summed E-state index contributed by atoms with van der Waals surface area (Å²) < 4.78 is 32.4. The topological polar surface area (TPSA) is 87.2 Å². The summed E-state index contributed by atoms with van der Waals surface area (Å²) in [5.74, 6) is -0.438. The van der Waals surface area contributed by atoms with E-state index in [0.717, 1.165) is 0 Å². The van der Waals surface area contributed by atoms with Gasteiger partial charge in [-0.3, -0.25) is 4.79 Å². The highest BCUT2D eigenvalue weighted by atomic mass is 32.2. The maximum absolute atomic E-state index is 12.4. The molecule has 2 aliphatic heterocycles. The first kappa shape index (κ1) is 15.7. The third-order valence-electron chi connectivity index (χ3n) is 3.85. The third-order valence-corrected chi connectivity index (χ3v) is 5.85. The molecule has 2 heterocycles. The van der Waals surface area contributed by atoms with E-state index in [2.05, 4.69) is 0 Å². The Morgan fingerprint density at radius 2 is 1.80 bits per heavy atom. The lowest BCUT2D eigenvalue weighted by Gasteiger charge is -2.32. The van der Waals surface area contributed by atoms with Crippen LogP contribution in [0.5, 0.6) is 0 Å². The monoisotopic (exact) mass is 306 g/mol. The van der Waals surface area contributed by atoms with Gasteiger partial charge in [0.25, 0.3) is 10.2 Å². The minimum Gasteiger partial charge on any atom is -0.466 e. The average Bonchev–Trinajstić information content (AvgIpc) is 2.86. The quantitative estimate of drug-likeness (QED) is 0.712. The van der Waals surface area contributed by atoms with Gasteiger partial charge in [-0.05, 0) is 26.2 Å². The Balaban J connectivity index is 1.91. The molecule has 0 unspecified atom stereocenters. The fourth-order valence-corrected chi connectivity index (χ4v) is 4.36. The van der Waals surface area contributed by atoms with E-state index >= 15 is 0 Å². The lowest BCUT2D eigenvalue weighted by molar-refractivity contribution is -0.149. The number of esters is 1. The number of hydrogen-bond acceptors (Lipinski definition) is 5. The van der Waals surface area contributed by atoms with Crippen molar-refractivity contribution in [1.29, 1.82) is 0 Å². The Kier molecular flexibility index (Phi) is 5.00. The maximum Gasteiger partial charge on any atom is 0.309 e. The highest BCUT2D eigenvalue weighted by Gasteiger charge is 2.38. The van der Waals surface area contributed by atoms with Gasteiger partial charge in [-0.1, -0.05) is 0 Å². The third kappa shape index (κ3) is 3.30. The molecule has 2 aliphatic rings. The summed E-state index contributed by atoms with van der Waals surface area (Å²) in [6.45, 7) is 3.30. The molecule has 1 N–H and O–H groups in total. The van der Waals surface area contributed by atoms with Crippen LogP contribution in [0.4, 0.5) is 0 Å². The van der Waals surface area contributed by atoms with Crippen LogP contribution in [0.3, 0.4) is 0 Å². The van der Waals surface area contributed by atoms with E-state index in [4.69, 9.17) is 4.74 Å². The molecule has 2 fully saturated rings. The molecule has 0 saturated carbocycles. The smallest absolute Gasteiger partial charge is 0.309 e. The summed E-state index contributed by atoms with van der Waals surface area (Å²) in [6, 6.07) is 0. The van der Waals surface area contributed by atoms with E-state index in [1.54, 1.807) is 6.92 Å². The summed E-state index contributed by atoms with van der Waals surface area (Å²) in [7, 11) is -3.50. The summed E-state index contributed by atoms with van der Waals surface area (Å²) in [5.41, 5.74) is 0. The predicted molar refractivity (Wildman–Crippen MR) is 72.0 cm³/mol. The summed E-state index contributed by atoms with van der Waals surface area (Å²) in [4.78, 5) is 11.6. The van der Waals surface area contributed by atoms with Crippen LogP contribution < -0.4 is 0 Å². The highest BCUT2D eigenvalue weighted by Crippen LogP contribution is 2.24. The van der Waals surface area contributed by atoms with E-state index < -0.39 is 16.3 Å². The number of piperidine rings is 1. The lowest BCUT2D eigenvalue weighted by Crippen LogP contribution is -2.47. The number of aliphatic hydroxyl groups excluding tert-OH is 1. The number of β-amino-alcohol motifs (C(OH)–C–C–N with tert-alkyl or cyclic N) is 1. The first-order valence-corrected chi connectivity index (χ1v) is 8.44. The molecule has 0 aromatic heterocycles. The number of carbonyl (C=O) groups excluding carboxylic acids is 1. The molecular weight excluding hydrogens is 284 g/mol. The average molecular weight is 306 g/mol. The van der Waals surface area contributed by atoms with E-state index in [-0.39, 0.29) is 18.4 Å². The molecule has 0 aromatic carbocycles. The van der Waals surface area contributed by atoms with E-state index in [1.165, 1.54) is 8.61 Å². The molecule has 1 atom stereocenters. The van der Waals surface area contributed by atoms with Crippen molar-refractivity contribution in [2.45, 2.75) is 32.3 Å². The molecular formula is C12H22N2O5S. The van der Waals surface area contributed by atoms with Gasteiger partial charge in [0.15, 0.2) is 0 Å². The van der Waals surface area contributed by atoms with Gasteiger partial charge in [-0.15, -0.1) is 0 Å². The van der Waals surface area contributed by atoms with Crippen LogP contribution in [0, 0.1) is 5.92 Å². The fourth-order valence-electron chi connectivity index (χ4n) is 2.67. The molecule has 20 heavy (non-hydrogen) atoms. The van der Waals surface area contributed by atoms with Crippen molar-refractivity contribution in [2.24, 2.45) is 5.92 Å². The van der Waals surface area contributed by atoms with E-state index in [0.29, 0.717) is 45.5 Å². The highest BCUT2D eigenvalue weighted by molar-refractivity contribution is 7.86. The van der Waals surface area contributed by atoms with Gasteiger partial charge in [0.2, 0.25) is 0 Å². The van der Waals surface area contributed by atoms with Gasteiger partial charge < -0.3 is 9.84 Å². The van der Waals surface area contributed by atoms with Gasteiger partial charge in [-0.2, -0.15) is 17.0 Å². The van der Waals surface area contributed by atoms with Crippen LogP contribution in [0.1, 0.15) is 26.2 Å². The molecule has 2 saturated heterocycles. The van der Waals surface area contributed by atoms with Crippen molar-refractivity contribution in [3.63, 3.8) is 0 Å². The van der Waals surface area contributed by atoms with Crippen LogP contribution in [0.2, 0.25) is 0 Å². The molecule has 0 aromatic rings. The summed E-state index contributed by atoms with van der Waals surface area (Å²) >= 11 is 0. The molecule has 0 bridgehead atoms. The van der Waals surface area contributed by atoms with E-state index in [9.17, 15) is 18.3 Å². The van der Waals surface area contributed by atoms with Gasteiger partial charge in [0.1, 0.15) is 0 Å². The number of rotatable bonds is 4. The molecule has 0 radical (unpaired) electrons. The van der Waals surface area contributed by atoms with Crippen LogP contribution in [0.25, 0.3) is 0 Å². The SMILES string of the molecule is CCOC(=O)C1CCN(S(=O)(=O)N2CC[C@H](O)C2)CC1. The zero-order valence-electron chi connectivity index (χ0n) is 11.7. The standard InChI is InChI=1S/C12H22N2O5S/c1-2-19-12(16)10-3-6-13(7-4-10)20(17,18)14-8-5-11(15)9-14/h10-11,15H,2-9H2,1H3/t11-/m0/s1.